The van der Waals surface area contributed by atoms with Gasteiger partial charge in [-0.15, -0.1) is 0 Å². The van der Waals surface area contributed by atoms with E-state index in [9.17, 15) is 25.2 Å². The number of nitrogens with one attached hydrogen (secondary N) is 1. The lowest BCUT2D eigenvalue weighted by Gasteiger charge is -2.27. The van der Waals surface area contributed by atoms with E-state index >= 15 is 0 Å². The topological polar surface area (TPSA) is 110 Å². The number of hydrogen-bond acceptors (Lipinski definition) is 5. The molecule has 0 aromatic heterocycles. The zero-order chi connectivity index (χ0) is 32.5. The molecule has 4 atom stereocenters. The van der Waals surface area contributed by atoms with E-state index in [1.54, 1.807) is 0 Å². The minimum Gasteiger partial charge on any atom is -0.394 e. The summed E-state index contributed by atoms with van der Waals surface area (Å²) in [5, 5.41) is 43.2. The molecule has 5 N–H and O–H groups in total. The van der Waals surface area contributed by atoms with Gasteiger partial charge in [0.25, 0.3) is 0 Å². The van der Waals surface area contributed by atoms with E-state index in [4.69, 9.17) is 0 Å². The zero-order valence-corrected chi connectivity index (χ0v) is 29.2. The summed E-state index contributed by atoms with van der Waals surface area (Å²) in [7, 11) is 0. The molecule has 1 amide bonds. The molecule has 0 aliphatic carbocycles. The Hall–Kier alpha value is -0.950. The van der Waals surface area contributed by atoms with Gasteiger partial charge in [0.15, 0.2) is 0 Å². The van der Waals surface area contributed by atoms with E-state index in [0.717, 1.165) is 38.5 Å². The number of unbranched alkanes of at least 4 members (excludes halogenated alkanes) is 23. The van der Waals surface area contributed by atoms with E-state index in [1.807, 2.05) is 0 Å². The molecule has 6 heteroatoms. The van der Waals surface area contributed by atoms with Crippen LogP contribution in [0.2, 0.25) is 0 Å². The summed E-state index contributed by atoms with van der Waals surface area (Å²) in [4.78, 5) is 12.4. The summed E-state index contributed by atoms with van der Waals surface area (Å²) in [6.07, 6.45) is 34.0. The molecule has 0 saturated carbocycles. The fourth-order valence-electron chi connectivity index (χ4n) is 5.87. The zero-order valence-electron chi connectivity index (χ0n) is 29.2. The molecule has 0 saturated heterocycles. The summed E-state index contributed by atoms with van der Waals surface area (Å²) in [5.41, 5.74) is 0. The Kier molecular flexibility index (Phi) is 32.7. The van der Waals surface area contributed by atoms with Crippen LogP contribution >= 0.6 is 0 Å². The average molecular weight is 626 g/mol. The second-order valence-electron chi connectivity index (χ2n) is 13.3. The molecule has 0 aliphatic rings. The summed E-state index contributed by atoms with van der Waals surface area (Å²) in [6.45, 7) is 3.97. The molecule has 0 aromatic rings. The van der Waals surface area contributed by atoms with Crippen LogP contribution < -0.4 is 5.32 Å². The third-order valence-corrected chi connectivity index (χ3v) is 8.98. The van der Waals surface area contributed by atoms with E-state index in [2.05, 4.69) is 31.3 Å². The molecule has 6 nitrogen and oxygen atoms in total. The lowest BCUT2D eigenvalue weighted by atomic mass is 10.00. The fraction of sp³-hybridized carbons (Fsp3) is 0.921. The molecule has 4 unspecified atom stereocenters. The Morgan fingerprint density at radius 2 is 0.932 bits per heavy atom. The van der Waals surface area contributed by atoms with Gasteiger partial charge in [-0.05, 0) is 38.5 Å². The first-order chi connectivity index (χ1) is 21.5. The van der Waals surface area contributed by atoms with Crippen LogP contribution in [0, 0.1) is 0 Å². The van der Waals surface area contributed by atoms with E-state index in [0.29, 0.717) is 12.8 Å². The maximum Gasteiger partial charge on any atom is 0.249 e. The molecule has 0 radical (unpaired) electrons. The number of carbonyl (C=O) groups is 1. The van der Waals surface area contributed by atoms with Crippen LogP contribution in [0.4, 0.5) is 0 Å². The van der Waals surface area contributed by atoms with Gasteiger partial charge in [-0.25, -0.2) is 0 Å². The second-order valence-corrected chi connectivity index (χ2v) is 13.3. The number of aliphatic hydroxyl groups is 4. The molecule has 44 heavy (non-hydrogen) atoms. The maximum absolute atomic E-state index is 12.4. The number of aliphatic hydroxyl groups excluding tert-OH is 4. The van der Waals surface area contributed by atoms with Gasteiger partial charge in [-0.2, -0.15) is 0 Å². The summed E-state index contributed by atoms with van der Waals surface area (Å²) < 4.78 is 0. The van der Waals surface area contributed by atoms with Crippen molar-refractivity contribution in [3.05, 3.63) is 12.2 Å². The second kappa shape index (κ2) is 33.4. The first-order valence-corrected chi connectivity index (χ1v) is 19.1. The Morgan fingerprint density at radius 3 is 1.36 bits per heavy atom. The van der Waals surface area contributed by atoms with Crippen molar-refractivity contribution in [2.45, 2.75) is 218 Å². The van der Waals surface area contributed by atoms with Gasteiger partial charge in [-0.3, -0.25) is 4.79 Å². The lowest BCUT2D eigenvalue weighted by molar-refractivity contribution is -0.132. The Balaban J connectivity index is 3.70. The van der Waals surface area contributed by atoms with Crippen molar-refractivity contribution in [2.24, 2.45) is 0 Å². The first-order valence-electron chi connectivity index (χ1n) is 19.1. The first kappa shape index (κ1) is 43.0. The minimum atomic E-state index is -1.27. The molecule has 0 aliphatic heterocycles. The van der Waals surface area contributed by atoms with Crippen molar-refractivity contribution < 1.29 is 25.2 Å². The highest BCUT2D eigenvalue weighted by atomic mass is 16.3. The molecule has 0 heterocycles. The fourth-order valence-corrected chi connectivity index (χ4v) is 5.87. The van der Waals surface area contributed by atoms with Gasteiger partial charge >= 0.3 is 0 Å². The highest BCUT2D eigenvalue weighted by molar-refractivity contribution is 5.80. The Labute approximate surface area is 272 Å². The smallest absolute Gasteiger partial charge is 0.249 e. The number of rotatable bonds is 34. The third kappa shape index (κ3) is 27.4. The van der Waals surface area contributed by atoms with Crippen molar-refractivity contribution in [3.63, 3.8) is 0 Å². The molecular formula is C38H75NO5. The molecule has 0 spiro atoms. The molecule has 0 aromatic carbocycles. The molecule has 262 valence electrons. The average Bonchev–Trinajstić information content (AvgIpc) is 3.03. The predicted molar refractivity (Wildman–Crippen MR) is 187 cm³/mol. The van der Waals surface area contributed by atoms with Crippen molar-refractivity contribution in [2.75, 3.05) is 6.61 Å². The van der Waals surface area contributed by atoms with E-state index in [-0.39, 0.29) is 0 Å². The highest BCUT2D eigenvalue weighted by Gasteiger charge is 2.28. The van der Waals surface area contributed by atoms with Crippen LogP contribution in [-0.2, 0) is 4.79 Å². The van der Waals surface area contributed by atoms with Crippen LogP contribution in [0.3, 0.4) is 0 Å². The van der Waals surface area contributed by atoms with Gasteiger partial charge in [0.2, 0.25) is 5.91 Å². The van der Waals surface area contributed by atoms with Crippen molar-refractivity contribution in [3.8, 4) is 0 Å². The van der Waals surface area contributed by atoms with Crippen LogP contribution in [0.5, 0.6) is 0 Å². The van der Waals surface area contributed by atoms with Crippen LogP contribution in [0.15, 0.2) is 12.2 Å². The summed E-state index contributed by atoms with van der Waals surface area (Å²) in [5.74, 6) is -0.594. The third-order valence-electron chi connectivity index (χ3n) is 8.98. The van der Waals surface area contributed by atoms with Crippen molar-refractivity contribution >= 4 is 5.91 Å². The lowest BCUT2D eigenvalue weighted by Crippen LogP contribution is -2.53. The monoisotopic (exact) mass is 626 g/mol. The summed E-state index contributed by atoms with van der Waals surface area (Å²) >= 11 is 0. The summed E-state index contributed by atoms with van der Waals surface area (Å²) in [6, 6.07) is -0.994. The van der Waals surface area contributed by atoms with Gasteiger partial charge in [0.1, 0.15) is 12.2 Å². The molecule has 0 rings (SSSR count). The molecule has 0 fully saturated rings. The normalized spacial score (nSPS) is 14.6. The van der Waals surface area contributed by atoms with E-state index < -0.39 is 36.9 Å². The van der Waals surface area contributed by atoms with E-state index in [1.165, 1.54) is 128 Å². The number of amides is 1. The minimum absolute atomic E-state index is 0.367. The molecule has 0 bridgehead atoms. The van der Waals surface area contributed by atoms with Gasteiger partial charge < -0.3 is 25.7 Å². The predicted octanol–water partition coefficient (Wildman–Crippen LogP) is 9.07. The van der Waals surface area contributed by atoms with Crippen LogP contribution in [0.25, 0.3) is 0 Å². The van der Waals surface area contributed by atoms with Crippen LogP contribution in [0.1, 0.15) is 194 Å². The van der Waals surface area contributed by atoms with Gasteiger partial charge in [0.05, 0.1) is 18.8 Å². The number of allylic oxidation sites excluding steroid dienone is 2. The van der Waals surface area contributed by atoms with Crippen molar-refractivity contribution in [1.82, 2.24) is 5.32 Å². The molecular weight excluding hydrogens is 550 g/mol. The van der Waals surface area contributed by atoms with Gasteiger partial charge in [0, 0.05) is 0 Å². The largest absolute Gasteiger partial charge is 0.394 e. The quantitative estimate of drug-likeness (QED) is 0.0362. The standard InChI is InChI=1S/C38H75NO5/c1-3-5-7-9-11-13-14-15-16-17-18-19-20-21-22-23-24-26-28-30-32-36(42)38(44)39-34(33-40)37(43)35(41)31-29-27-25-12-10-8-6-4-2/h12,25,34-37,40-43H,3-11,13-24,26-33H2,1-2H3,(H,39,44)/b25-12+. The number of carbonyl (C=O) groups excluding carboxylic acids is 1. The maximum atomic E-state index is 12.4. The Bertz CT molecular complexity index is 628. The number of hydrogen-bond donors (Lipinski definition) is 5. The Morgan fingerprint density at radius 1 is 0.545 bits per heavy atom. The SMILES string of the molecule is CCCCC/C=C/CCCC(O)C(O)C(CO)NC(=O)C(O)CCCCCCCCCCCCCCCCCCCCCC. The highest BCUT2D eigenvalue weighted by Crippen LogP contribution is 2.16. The van der Waals surface area contributed by atoms with Crippen molar-refractivity contribution in [1.29, 1.82) is 0 Å². The van der Waals surface area contributed by atoms with Gasteiger partial charge in [-0.1, -0.05) is 167 Å². The van der Waals surface area contributed by atoms with Crippen LogP contribution in [-0.4, -0.2) is 57.3 Å².